The van der Waals surface area contributed by atoms with Crippen molar-refractivity contribution in [2.24, 2.45) is 5.92 Å². The number of hydrogen-bond donors (Lipinski definition) is 1. The van der Waals surface area contributed by atoms with Gasteiger partial charge in [-0.1, -0.05) is 32.0 Å². The minimum absolute atomic E-state index is 0.193. The van der Waals surface area contributed by atoms with Gasteiger partial charge in [-0.25, -0.2) is 0 Å². The van der Waals surface area contributed by atoms with Crippen molar-refractivity contribution in [2.45, 2.75) is 44.8 Å². The van der Waals surface area contributed by atoms with E-state index in [9.17, 15) is 13.2 Å². The monoisotopic (exact) mass is 271 g/mol. The Labute approximate surface area is 112 Å². The zero-order valence-corrected chi connectivity index (χ0v) is 11.3. The summed E-state index contributed by atoms with van der Waals surface area (Å²) in [6.07, 6.45) is -1.85. The SMILES string of the molecule is CC(C)C1(Cc2ccccc2C(F)(F)F)CCCN1. The maximum atomic E-state index is 13.0. The minimum atomic E-state index is -4.27. The highest BCUT2D eigenvalue weighted by Gasteiger charge is 2.40. The van der Waals surface area contributed by atoms with E-state index in [1.165, 1.54) is 12.1 Å². The van der Waals surface area contributed by atoms with Gasteiger partial charge in [0.2, 0.25) is 0 Å². The third-order valence-electron chi connectivity index (χ3n) is 4.21. The van der Waals surface area contributed by atoms with E-state index in [2.05, 4.69) is 19.2 Å². The molecule has 1 aliphatic rings. The summed E-state index contributed by atoms with van der Waals surface area (Å²) in [5.74, 6) is 0.316. The Morgan fingerprint density at radius 1 is 1.26 bits per heavy atom. The molecule has 2 rings (SSSR count). The molecule has 0 aromatic heterocycles. The fraction of sp³-hybridized carbons (Fsp3) is 0.600. The third kappa shape index (κ3) is 2.94. The second-order valence-corrected chi connectivity index (χ2v) is 5.67. The van der Waals surface area contributed by atoms with Crippen LogP contribution in [0.15, 0.2) is 24.3 Å². The lowest BCUT2D eigenvalue weighted by molar-refractivity contribution is -0.138. The van der Waals surface area contributed by atoms with E-state index in [1.807, 2.05) is 0 Å². The van der Waals surface area contributed by atoms with E-state index in [0.717, 1.165) is 19.4 Å². The zero-order chi connectivity index (χ0) is 14.1. The molecule has 0 bridgehead atoms. The molecule has 0 spiro atoms. The Morgan fingerprint density at radius 2 is 1.95 bits per heavy atom. The molecule has 1 fully saturated rings. The average Bonchev–Trinajstić information content (AvgIpc) is 2.78. The highest BCUT2D eigenvalue weighted by molar-refractivity contribution is 5.31. The Bertz CT molecular complexity index is 431. The summed E-state index contributed by atoms with van der Waals surface area (Å²) in [6.45, 7) is 5.05. The quantitative estimate of drug-likeness (QED) is 0.875. The largest absolute Gasteiger partial charge is 0.416 e. The van der Waals surface area contributed by atoms with E-state index in [-0.39, 0.29) is 5.54 Å². The van der Waals surface area contributed by atoms with Gasteiger partial charge in [-0.3, -0.25) is 0 Å². The summed E-state index contributed by atoms with van der Waals surface area (Å²) in [5.41, 5.74) is -0.289. The van der Waals surface area contributed by atoms with Crippen LogP contribution in [0, 0.1) is 5.92 Å². The van der Waals surface area contributed by atoms with E-state index in [0.29, 0.717) is 17.9 Å². The molecule has 1 saturated heterocycles. The van der Waals surface area contributed by atoms with E-state index < -0.39 is 11.7 Å². The molecular weight excluding hydrogens is 251 g/mol. The molecule has 4 heteroatoms. The molecule has 1 nitrogen and oxygen atoms in total. The van der Waals surface area contributed by atoms with Crippen LogP contribution >= 0.6 is 0 Å². The lowest BCUT2D eigenvalue weighted by Gasteiger charge is -2.35. The molecule has 1 aliphatic heterocycles. The van der Waals surface area contributed by atoms with Gasteiger partial charge >= 0.3 is 6.18 Å². The van der Waals surface area contributed by atoms with Crippen molar-refractivity contribution in [1.82, 2.24) is 5.32 Å². The Kier molecular flexibility index (Phi) is 3.90. The van der Waals surface area contributed by atoms with Crippen LogP contribution in [0.2, 0.25) is 0 Å². The van der Waals surface area contributed by atoms with Crippen molar-refractivity contribution in [1.29, 1.82) is 0 Å². The molecule has 106 valence electrons. The summed E-state index contributed by atoms with van der Waals surface area (Å²) < 4.78 is 39.1. The predicted octanol–water partition coefficient (Wildman–Crippen LogP) is 4.03. The average molecular weight is 271 g/mol. The molecular formula is C15H20F3N. The number of halogens is 3. The second kappa shape index (κ2) is 5.16. The molecule has 1 unspecified atom stereocenters. The summed E-state index contributed by atoms with van der Waals surface area (Å²) >= 11 is 0. The Balaban J connectivity index is 2.33. The van der Waals surface area contributed by atoms with Crippen molar-refractivity contribution in [3.63, 3.8) is 0 Å². The van der Waals surface area contributed by atoms with Gasteiger partial charge in [0.1, 0.15) is 0 Å². The maximum absolute atomic E-state index is 13.0. The molecule has 1 heterocycles. The van der Waals surface area contributed by atoms with Gasteiger partial charge < -0.3 is 5.32 Å². The van der Waals surface area contributed by atoms with Gasteiger partial charge in [0, 0.05) is 5.54 Å². The number of benzene rings is 1. The van der Waals surface area contributed by atoms with Crippen LogP contribution in [0.25, 0.3) is 0 Å². The van der Waals surface area contributed by atoms with Crippen LogP contribution in [0.4, 0.5) is 13.2 Å². The number of rotatable bonds is 3. The lowest BCUT2D eigenvalue weighted by Crippen LogP contribution is -2.47. The van der Waals surface area contributed by atoms with E-state index >= 15 is 0 Å². The molecule has 1 aromatic rings. The van der Waals surface area contributed by atoms with Gasteiger partial charge in [0.25, 0.3) is 0 Å². The van der Waals surface area contributed by atoms with Crippen LogP contribution < -0.4 is 5.32 Å². The van der Waals surface area contributed by atoms with Crippen molar-refractivity contribution < 1.29 is 13.2 Å². The summed E-state index contributed by atoms with van der Waals surface area (Å²) in [5, 5.41) is 3.43. The third-order valence-corrected chi connectivity index (χ3v) is 4.21. The first-order valence-corrected chi connectivity index (χ1v) is 6.75. The second-order valence-electron chi connectivity index (χ2n) is 5.67. The molecule has 19 heavy (non-hydrogen) atoms. The summed E-state index contributed by atoms with van der Waals surface area (Å²) in [6, 6.07) is 5.93. The van der Waals surface area contributed by atoms with Gasteiger partial charge in [0.15, 0.2) is 0 Å². The van der Waals surface area contributed by atoms with E-state index in [4.69, 9.17) is 0 Å². The van der Waals surface area contributed by atoms with Crippen molar-refractivity contribution in [3.05, 3.63) is 35.4 Å². The first kappa shape index (κ1) is 14.4. The van der Waals surface area contributed by atoms with Crippen molar-refractivity contribution >= 4 is 0 Å². The molecule has 1 aromatic carbocycles. The van der Waals surface area contributed by atoms with Crippen molar-refractivity contribution in [2.75, 3.05) is 6.54 Å². The zero-order valence-electron chi connectivity index (χ0n) is 11.3. The predicted molar refractivity (Wildman–Crippen MR) is 70.0 cm³/mol. The van der Waals surface area contributed by atoms with Gasteiger partial charge in [-0.15, -0.1) is 0 Å². The topological polar surface area (TPSA) is 12.0 Å². The smallest absolute Gasteiger partial charge is 0.311 e. The van der Waals surface area contributed by atoms with Gasteiger partial charge in [-0.05, 0) is 43.4 Å². The number of alkyl halides is 3. The normalized spacial score (nSPS) is 24.1. The summed E-state index contributed by atoms with van der Waals surface area (Å²) in [4.78, 5) is 0. The van der Waals surface area contributed by atoms with Crippen LogP contribution in [0.5, 0.6) is 0 Å². The standard InChI is InChI=1S/C15H20F3N/c1-11(2)14(8-5-9-19-14)10-12-6-3-4-7-13(12)15(16,17)18/h3-4,6-7,11,19H,5,8-10H2,1-2H3. The summed E-state index contributed by atoms with van der Waals surface area (Å²) in [7, 11) is 0. The highest BCUT2D eigenvalue weighted by Crippen LogP contribution is 2.37. The van der Waals surface area contributed by atoms with Crippen molar-refractivity contribution in [3.8, 4) is 0 Å². The molecule has 0 radical (unpaired) electrons. The van der Waals surface area contributed by atoms with E-state index in [1.54, 1.807) is 12.1 Å². The first-order valence-electron chi connectivity index (χ1n) is 6.75. The maximum Gasteiger partial charge on any atom is 0.416 e. The van der Waals surface area contributed by atoms with Crippen LogP contribution in [-0.4, -0.2) is 12.1 Å². The number of nitrogens with one attached hydrogen (secondary N) is 1. The lowest BCUT2D eigenvalue weighted by atomic mass is 9.79. The Morgan fingerprint density at radius 3 is 2.47 bits per heavy atom. The van der Waals surface area contributed by atoms with Crippen LogP contribution in [0.3, 0.4) is 0 Å². The molecule has 1 atom stereocenters. The van der Waals surface area contributed by atoms with Gasteiger partial charge in [-0.2, -0.15) is 13.2 Å². The van der Waals surface area contributed by atoms with Gasteiger partial charge in [0.05, 0.1) is 5.56 Å². The van der Waals surface area contributed by atoms with Crippen LogP contribution in [0.1, 0.15) is 37.8 Å². The molecule has 1 N–H and O–H groups in total. The molecule has 0 saturated carbocycles. The van der Waals surface area contributed by atoms with Crippen LogP contribution in [-0.2, 0) is 12.6 Å². The fourth-order valence-corrected chi connectivity index (χ4v) is 2.97. The molecule has 0 aliphatic carbocycles. The fourth-order valence-electron chi connectivity index (χ4n) is 2.97. The number of hydrogen-bond acceptors (Lipinski definition) is 1. The highest BCUT2D eigenvalue weighted by atomic mass is 19.4. The molecule has 0 amide bonds. The first-order chi connectivity index (χ1) is 8.85. The Hall–Kier alpha value is -1.03. The minimum Gasteiger partial charge on any atom is -0.311 e.